The molecule has 1 aliphatic carbocycles. The van der Waals surface area contributed by atoms with Gasteiger partial charge in [-0.2, -0.15) is 5.10 Å². The van der Waals surface area contributed by atoms with Crippen molar-refractivity contribution >= 4 is 22.8 Å². The van der Waals surface area contributed by atoms with Crippen molar-refractivity contribution in [1.82, 2.24) is 15.1 Å². The van der Waals surface area contributed by atoms with Crippen molar-refractivity contribution in [1.29, 1.82) is 0 Å². The van der Waals surface area contributed by atoms with E-state index in [2.05, 4.69) is 10.4 Å². The predicted octanol–water partition coefficient (Wildman–Crippen LogP) is 2.43. The highest BCUT2D eigenvalue weighted by molar-refractivity contribution is 5.84. The number of nitrogens with one attached hydrogen (secondary N) is 1. The molecule has 1 aliphatic rings. The standard InChI is InChI=1S/C18H23N3O3/c22-17(14-7-2-3-8-15(14)18(23)24)19-10-5-11-21-16-9-4-1-6-13(16)12-20-21/h1,4,6,9,12,14-15H,2-3,5,7-8,10-11H2,(H,19,22)(H,23,24). The average Bonchev–Trinajstić information content (AvgIpc) is 3.01. The number of hydrogen-bond donors (Lipinski definition) is 2. The highest BCUT2D eigenvalue weighted by Gasteiger charge is 2.35. The van der Waals surface area contributed by atoms with E-state index < -0.39 is 11.9 Å². The highest BCUT2D eigenvalue weighted by Crippen LogP contribution is 2.30. The molecule has 6 heteroatoms. The summed E-state index contributed by atoms with van der Waals surface area (Å²) in [5.74, 6) is -1.89. The number of carbonyl (C=O) groups is 2. The lowest BCUT2D eigenvalue weighted by atomic mass is 9.79. The van der Waals surface area contributed by atoms with Crippen LogP contribution >= 0.6 is 0 Å². The van der Waals surface area contributed by atoms with Crippen LogP contribution in [0.25, 0.3) is 10.9 Å². The maximum Gasteiger partial charge on any atom is 0.307 e. The number of benzene rings is 1. The number of aromatic nitrogens is 2. The summed E-state index contributed by atoms with van der Waals surface area (Å²) in [6, 6.07) is 8.02. The van der Waals surface area contributed by atoms with Gasteiger partial charge in [-0.25, -0.2) is 0 Å². The molecule has 0 bridgehead atoms. The molecule has 2 atom stereocenters. The van der Waals surface area contributed by atoms with Crippen LogP contribution in [0.1, 0.15) is 32.1 Å². The van der Waals surface area contributed by atoms with E-state index >= 15 is 0 Å². The van der Waals surface area contributed by atoms with Gasteiger partial charge in [0.15, 0.2) is 0 Å². The summed E-state index contributed by atoms with van der Waals surface area (Å²) in [6.45, 7) is 1.26. The van der Waals surface area contributed by atoms with Crippen LogP contribution in [0.3, 0.4) is 0 Å². The van der Waals surface area contributed by atoms with E-state index in [0.29, 0.717) is 19.4 Å². The van der Waals surface area contributed by atoms with E-state index in [-0.39, 0.29) is 11.8 Å². The van der Waals surface area contributed by atoms with E-state index in [9.17, 15) is 14.7 Å². The fourth-order valence-corrected chi connectivity index (χ4v) is 3.52. The second-order valence-corrected chi connectivity index (χ2v) is 6.41. The van der Waals surface area contributed by atoms with Gasteiger partial charge in [-0.3, -0.25) is 14.3 Å². The van der Waals surface area contributed by atoms with Crippen molar-refractivity contribution in [2.24, 2.45) is 11.8 Å². The lowest BCUT2D eigenvalue weighted by molar-refractivity contribution is -0.148. The maximum atomic E-state index is 12.3. The quantitative estimate of drug-likeness (QED) is 0.797. The molecule has 3 rings (SSSR count). The van der Waals surface area contributed by atoms with Crippen LogP contribution in [0.2, 0.25) is 0 Å². The topological polar surface area (TPSA) is 84.2 Å². The van der Waals surface area contributed by atoms with Crippen LogP contribution < -0.4 is 5.32 Å². The highest BCUT2D eigenvalue weighted by atomic mass is 16.4. The number of carboxylic acid groups (broad SMARTS) is 1. The van der Waals surface area contributed by atoms with Gasteiger partial charge in [0.1, 0.15) is 0 Å². The number of carboxylic acids is 1. The molecule has 0 spiro atoms. The van der Waals surface area contributed by atoms with E-state index in [0.717, 1.165) is 36.7 Å². The first-order valence-electron chi connectivity index (χ1n) is 8.58. The Morgan fingerprint density at radius 2 is 1.96 bits per heavy atom. The van der Waals surface area contributed by atoms with E-state index in [1.54, 1.807) is 0 Å². The number of hydrogen-bond acceptors (Lipinski definition) is 3. The molecule has 1 fully saturated rings. The summed E-state index contributed by atoms with van der Waals surface area (Å²) >= 11 is 0. The van der Waals surface area contributed by atoms with Crippen LogP contribution in [0.5, 0.6) is 0 Å². The fraction of sp³-hybridized carbons (Fsp3) is 0.500. The van der Waals surface area contributed by atoms with Gasteiger partial charge in [-0.05, 0) is 25.3 Å². The largest absolute Gasteiger partial charge is 0.481 e. The first-order valence-corrected chi connectivity index (χ1v) is 8.58. The van der Waals surface area contributed by atoms with Gasteiger partial charge in [0.05, 0.1) is 23.5 Å². The molecule has 1 heterocycles. The Labute approximate surface area is 140 Å². The second-order valence-electron chi connectivity index (χ2n) is 6.41. The summed E-state index contributed by atoms with van der Waals surface area (Å²) in [5.41, 5.74) is 1.09. The van der Waals surface area contributed by atoms with Gasteiger partial charge in [0.2, 0.25) is 5.91 Å². The Balaban J connectivity index is 1.49. The van der Waals surface area contributed by atoms with Crippen molar-refractivity contribution < 1.29 is 14.7 Å². The number of para-hydroxylation sites is 1. The zero-order chi connectivity index (χ0) is 16.9. The van der Waals surface area contributed by atoms with Crippen molar-refractivity contribution in [2.75, 3.05) is 6.54 Å². The summed E-state index contributed by atoms with van der Waals surface area (Å²) < 4.78 is 1.93. The van der Waals surface area contributed by atoms with Gasteiger partial charge >= 0.3 is 5.97 Å². The molecule has 2 N–H and O–H groups in total. The zero-order valence-corrected chi connectivity index (χ0v) is 13.6. The molecule has 0 aliphatic heterocycles. The predicted molar refractivity (Wildman–Crippen MR) is 90.4 cm³/mol. The minimum atomic E-state index is -0.849. The van der Waals surface area contributed by atoms with Crippen LogP contribution in [0.15, 0.2) is 30.5 Å². The third kappa shape index (κ3) is 3.58. The molecule has 2 aromatic rings. The molecule has 2 unspecified atom stereocenters. The van der Waals surface area contributed by atoms with E-state index in [1.807, 2.05) is 35.1 Å². The van der Waals surface area contributed by atoms with Gasteiger partial charge < -0.3 is 10.4 Å². The minimum Gasteiger partial charge on any atom is -0.481 e. The zero-order valence-electron chi connectivity index (χ0n) is 13.6. The number of nitrogens with zero attached hydrogens (tertiary/aromatic N) is 2. The van der Waals surface area contributed by atoms with Crippen molar-refractivity contribution in [3.63, 3.8) is 0 Å². The molecular formula is C18H23N3O3. The Morgan fingerprint density at radius 3 is 2.75 bits per heavy atom. The molecular weight excluding hydrogens is 306 g/mol. The maximum absolute atomic E-state index is 12.3. The van der Waals surface area contributed by atoms with E-state index in [1.165, 1.54) is 0 Å². The van der Waals surface area contributed by atoms with Crippen LogP contribution in [0.4, 0.5) is 0 Å². The molecule has 1 amide bonds. The van der Waals surface area contributed by atoms with Crippen molar-refractivity contribution in [3.8, 4) is 0 Å². The van der Waals surface area contributed by atoms with Crippen LogP contribution in [-0.4, -0.2) is 33.3 Å². The first kappa shape index (κ1) is 16.5. The Hall–Kier alpha value is -2.37. The Morgan fingerprint density at radius 1 is 1.21 bits per heavy atom. The number of fused-ring (bicyclic) bond motifs is 1. The van der Waals surface area contributed by atoms with Crippen LogP contribution in [0, 0.1) is 11.8 Å². The second kappa shape index (κ2) is 7.47. The number of aryl methyl sites for hydroxylation is 1. The third-order valence-corrected chi connectivity index (χ3v) is 4.82. The normalized spacial score (nSPS) is 20.8. The summed E-state index contributed by atoms with van der Waals surface area (Å²) in [5, 5.41) is 17.6. The monoisotopic (exact) mass is 329 g/mol. The van der Waals surface area contributed by atoms with Gasteiger partial charge in [0.25, 0.3) is 0 Å². The van der Waals surface area contributed by atoms with E-state index in [4.69, 9.17) is 0 Å². The smallest absolute Gasteiger partial charge is 0.307 e. The molecule has 0 radical (unpaired) electrons. The molecule has 1 saturated carbocycles. The minimum absolute atomic E-state index is 0.118. The molecule has 128 valence electrons. The number of aliphatic carboxylic acids is 1. The average molecular weight is 329 g/mol. The molecule has 6 nitrogen and oxygen atoms in total. The Kier molecular flexibility index (Phi) is 5.13. The lowest BCUT2D eigenvalue weighted by Gasteiger charge is -2.27. The lowest BCUT2D eigenvalue weighted by Crippen LogP contribution is -2.40. The fourth-order valence-electron chi connectivity index (χ4n) is 3.52. The summed E-state index contributed by atoms with van der Waals surface area (Å²) in [7, 11) is 0. The number of amides is 1. The molecule has 0 saturated heterocycles. The van der Waals surface area contributed by atoms with Crippen molar-refractivity contribution in [2.45, 2.75) is 38.6 Å². The molecule has 1 aromatic carbocycles. The first-order chi connectivity index (χ1) is 11.7. The van der Waals surface area contributed by atoms with Gasteiger partial charge in [-0.15, -0.1) is 0 Å². The number of rotatable bonds is 6. The summed E-state index contributed by atoms with van der Waals surface area (Å²) in [4.78, 5) is 23.6. The molecule has 24 heavy (non-hydrogen) atoms. The summed E-state index contributed by atoms with van der Waals surface area (Å²) in [6.07, 6.45) is 5.71. The van der Waals surface area contributed by atoms with Gasteiger partial charge in [0, 0.05) is 18.5 Å². The van der Waals surface area contributed by atoms with Gasteiger partial charge in [-0.1, -0.05) is 31.0 Å². The molecule has 1 aromatic heterocycles. The van der Waals surface area contributed by atoms with Crippen LogP contribution in [-0.2, 0) is 16.1 Å². The third-order valence-electron chi connectivity index (χ3n) is 4.82. The Bertz CT molecular complexity index is 725. The SMILES string of the molecule is O=C(O)C1CCCCC1C(=O)NCCCn1ncc2ccccc21. The van der Waals surface area contributed by atoms with Crippen molar-refractivity contribution in [3.05, 3.63) is 30.5 Å². The number of carbonyl (C=O) groups excluding carboxylic acids is 1.